The molecule has 0 fully saturated rings. The Labute approximate surface area is 89.7 Å². The fourth-order valence-corrected chi connectivity index (χ4v) is 1.76. The van der Waals surface area contributed by atoms with E-state index >= 15 is 0 Å². The van der Waals surface area contributed by atoms with Crippen LogP contribution < -0.4 is 4.74 Å². The lowest BCUT2D eigenvalue weighted by atomic mass is 10.1. The number of nitrogens with one attached hydrogen (secondary N) is 1. The second-order valence-electron chi connectivity index (χ2n) is 3.96. The van der Waals surface area contributed by atoms with Gasteiger partial charge in [0.2, 0.25) is 0 Å². The standard InChI is InChI=1S/C12H16N2O/c1-14(2)8-9-7-13-12-5-4-10(15-3)6-11(9)12/h4-7,13H,8H2,1-3H3. The van der Waals surface area contributed by atoms with E-state index in [-0.39, 0.29) is 0 Å². The van der Waals surface area contributed by atoms with Crippen molar-refractivity contribution < 1.29 is 4.74 Å². The first-order valence-electron chi connectivity index (χ1n) is 4.99. The summed E-state index contributed by atoms with van der Waals surface area (Å²) in [5, 5.41) is 1.24. The second kappa shape index (κ2) is 3.95. The minimum absolute atomic E-state index is 0.905. The first kappa shape index (κ1) is 10.1. The average molecular weight is 204 g/mol. The molecule has 0 radical (unpaired) electrons. The van der Waals surface area contributed by atoms with E-state index in [1.165, 1.54) is 10.9 Å². The molecular weight excluding hydrogens is 188 g/mol. The van der Waals surface area contributed by atoms with E-state index in [0.717, 1.165) is 17.8 Å². The van der Waals surface area contributed by atoms with E-state index in [0.29, 0.717) is 0 Å². The zero-order valence-electron chi connectivity index (χ0n) is 9.37. The van der Waals surface area contributed by atoms with Crippen LogP contribution in [0.4, 0.5) is 0 Å². The maximum atomic E-state index is 5.22. The van der Waals surface area contributed by atoms with Gasteiger partial charge in [-0.1, -0.05) is 0 Å². The molecule has 0 aliphatic heterocycles. The van der Waals surface area contributed by atoms with Crippen molar-refractivity contribution >= 4 is 10.9 Å². The number of rotatable bonds is 3. The molecule has 3 nitrogen and oxygen atoms in total. The van der Waals surface area contributed by atoms with Crippen LogP contribution in [-0.2, 0) is 6.54 Å². The van der Waals surface area contributed by atoms with Gasteiger partial charge in [0, 0.05) is 23.6 Å². The van der Waals surface area contributed by atoms with Gasteiger partial charge in [-0.05, 0) is 37.9 Å². The quantitative estimate of drug-likeness (QED) is 0.830. The van der Waals surface area contributed by atoms with Crippen LogP contribution in [0.2, 0.25) is 0 Å². The maximum Gasteiger partial charge on any atom is 0.119 e. The summed E-state index contributed by atoms with van der Waals surface area (Å²) in [7, 11) is 5.83. The molecule has 2 rings (SSSR count). The van der Waals surface area contributed by atoms with Crippen LogP contribution >= 0.6 is 0 Å². The molecule has 0 saturated carbocycles. The molecule has 1 aromatic carbocycles. The number of aromatic nitrogens is 1. The molecule has 0 spiro atoms. The zero-order chi connectivity index (χ0) is 10.8. The monoisotopic (exact) mass is 204 g/mol. The molecule has 1 N–H and O–H groups in total. The Hall–Kier alpha value is -1.48. The normalized spacial score (nSPS) is 11.2. The van der Waals surface area contributed by atoms with E-state index in [4.69, 9.17) is 4.74 Å². The van der Waals surface area contributed by atoms with Crippen molar-refractivity contribution in [1.82, 2.24) is 9.88 Å². The molecule has 0 aliphatic rings. The highest BCUT2D eigenvalue weighted by atomic mass is 16.5. The topological polar surface area (TPSA) is 28.3 Å². The van der Waals surface area contributed by atoms with Gasteiger partial charge in [0.15, 0.2) is 0 Å². The third kappa shape index (κ3) is 1.97. The molecule has 0 atom stereocenters. The summed E-state index contributed by atoms with van der Waals surface area (Å²) in [6, 6.07) is 6.09. The number of H-pyrrole nitrogens is 1. The smallest absolute Gasteiger partial charge is 0.119 e. The van der Waals surface area contributed by atoms with E-state index in [1.54, 1.807) is 7.11 Å². The molecule has 2 aromatic rings. The number of hydrogen-bond acceptors (Lipinski definition) is 2. The largest absolute Gasteiger partial charge is 0.497 e. The molecule has 1 heterocycles. The van der Waals surface area contributed by atoms with Crippen molar-refractivity contribution in [1.29, 1.82) is 0 Å². The van der Waals surface area contributed by atoms with Gasteiger partial charge < -0.3 is 14.6 Å². The van der Waals surface area contributed by atoms with Crippen molar-refractivity contribution in [2.45, 2.75) is 6.54 Å². The van der Waals surface area contributed by atoms with Gasteiger partial charge in [0.1, 0.15) is 5.75 Å². The van der Waals surface area contributed by atoms with Crippen molar-refractivity contribution in [3.8, 4) is 5.75 Å². The Morgan fingerprint density at radius 2 is 2.13 bits per heavy atom. The molecule has 3 heteroatoms. The Bertz CT molecular complexity index is 460. The Morgan fingerprint density at radius 3 is 2.80 bits per heavy atom. The predicted molar refractivity (Wildman–Crippen MR) is 62.2 cm³/mol. The minimum Gasteiger partial charge on any atom is -0.497 e. The van der Waals surface area contributed by atoms with E-state index in [9.17, 15) is 0 Å². The van der Waals surface area contributed by atoms with Gasteiger partial charge in [-0.25, -0.2) is 0 Å². The van der Waals surface area contributed by atoms with Crippen molar-refractivity contribution in [3.05, 3.63) is 30.0 Å². The molecule has 1 aromatic heterocycles. The van der Waals surface area contributed by atoms with Gasteiger partial charge in [-0.2, -0.15) is 0 Å². The van der Waals surface area contributed by atoms with Gasteiger partial charge in [-0.3, -0.25) is 0 Å². The van der Waals surface area contributed by atoms with E-state index in [2.05, 4.69) is 36.2 Å². The Balaban J connectivity index is 2.46. The van der Waals surface area contributed by atoms with Crippen molar-refractivity contribution in [3.63, 3.8) is 0 Å². The summed E-state index contributed by atoms with van der Waals surface area (Å²) >= 11 is 0. The molecule has 15 heavy (non-hydrogen) atoms. The van der Waals surface area contributed by atoms with Gasteiger partial charge >= 0.3 is 0 Å². The zero-order valence-corrected chi connectivity index (χ0v) is 9.37. The van der Waals surface area contributed by atoms with Crippen molar-refractivity contribution in [2.75, 3.05) is 21.2 Å². The van der Waals surface area contributed by atoms with Crippen LogP contribution in [0.3, 0.4) is 0 Å². The summed E-state index contributed by atoms with van der Waals surface area (Å²) in [6.07, 6.45) is 2.06. The highest BCUT2D eigenvalue weighted by Gasteiger charge is 2.05. The molecule has 0 amide bonds. The van der Waals surface area contributed by atoms with Gasteiger partial charge in [0.25, 0.3) is 0 Å². The number of methoxy groups -OCH3 is 1. The summed E-state index contributed by atoms with van der Waals surface area (Å²) in [5.74, 6) is 0.905. The van der Waals surface area contributed by atoms with Crippen LogP contribution in [0.15, 0.2) is 24.4 Å². The summed E-state index contributed by atoms with van der Waals surface area (Å²) in [4.78, 5) is 5.42. The van der Waals surface area contributed by atoms with Crippen LogP contribution in [0.5, 0.6) is 5.75 Å². The van der Waals surface area contributed by atoms with Crippen molar-refractivity contribution in [2.24, 2.45) is 0 Å². The third-order valence-corrected chi connectivity index (χ3v) is 2.46. The number of ether oxygens (including phenoxy) is 1. The van der Waals surface area contributed by atoms with Crippen LogP contribution in [0.25, 0.3) is 10.9 Å². The second-order valence-corrected chi connectivity index (χ2v) is 3.96. The molecule has 0 bridgehead atoms. The van der Waals surface area contributed by atoms with Gasteiger partial charge in [-0.15, -0.1) is 0 Å². The number of benzene rings is 1. The molecule has 0 saturated heterocycles. The first-order chi connectivity index (χ1) is 7.20. The van der Waals surface area contributed by atoms with Crippen LogP contribution in [-0.4, -0.2) is 31.1 Å². The third-order valence-electron chi connectivity index (χ3n) is 2.46. The molecule has 80 valence electrons. The fourth-order valence-electron chi connectivity index (χ4n) is 1.76. The lowest BCUT2D eigenvalue weighted by Crippen LogP contribution is -2.10. The van der Waals surface area contributed by atoms with E-state index in [1.807, 2.05) is 12.1 Å². The predicted octanol–water partition coefficient (Wildman–Crippen LogP) is 2.24. The number of nitrogens with zero attached hydrogens (tertiary/aromatic N) is 1. The molecule has 0 unspecified atom stereocenters. The summed E-state index contributed by atoms with van der Waals surface area (Å²) in [6.45, 7) is 0.938. The number of fused-ring (bicyclic) bond motifs is 1. The maximum absolute atomic E-state index is 5.22. The molecule has 0 aliphatic carbocycles. The lowest BCUT2D eigenvalue weighted by molar-refractivity contribution is 0.403. The first-order valence-corrected chi connectivity index (χ1v) is 4.99. The average Bonchev–Trinajstić information content (AvgIpc) is 2.60. The highest BCUT2D eigenvalue weighted by molar-refractivity contribution is 5.84. The number of aromatic amines is 1. The Kier molecular flexibility index (Phi) is 2.64. The van der Waals surface area contributed by atoms with E-state index < -0.39 is 0 Å². The SMILES string of the molecule is COc1ccc2[nH]cc(CN(C)C)c2c1. The molecular formula is C12H16N2O. The summed E-state index contributed by atoms with van der Waals surface area (Å²) < 4.78 is 5.22. The summed E-state index contributed by atoms with van der Waals surface area (Å²) in [5.41, 5.74) is 2.46. The van der Waals surface area contributed by atoms with Gasteiger partial charge in [0.05, 0.1) is 7.11 Å². The highest BCUT2D eigenvalue weighted by Crippen LogP contribution is 2.24. The minimum atomic E-state index is 0.905. The van der Waals surface area contributed by atoms with Crippen LogP contribution in [0.1, 0.15) is 5.56 Å². The van der Waals surface area contributed by atoms with Crippen LogP contribution in [0, 0.1) is 0 Å². The Morgan fingerprint density at radius 1 is 1.33 bits per heavy atom. The fraction of sp³-hybridized carbons (Fsp3) is 0.333. The lowest BCUT2D eigenvalue weighted by Gasteiger charge is -2.08. The number of hydrogen-bond donors (Lipinski definition) is 1.